The highest BCUT2D eigenvalue weighted by atomic mass is 16.3. The number of amides is 1. The zero-order valence-corrected chi connectivity index (χ0v) is 13.0. The molecule has 1 aliphatic carbocycles. The number of nitrogens with zero attached hydrogens (tertiary/aromatic N) is 3. The zero-order chi connectivity index (χ0) is 16.4. The number of aromatic nitrogens is 3. The second-order valence-corrected chi connectivity index (χ2v) is 5.73. The van der Waals surface area contributed by atoms with E-state index in [0.717, 1.165) is 36.1 Å². The molecule has 0 aromatic carbocycles. The summed E-state index contributed by atoms with van der Waals surface area (Å²) in [4.78, 5) is 25.4. The molecule has 3 aromatic rings. The highest BCUT2D eigenvalue weighted by Gasteiger charge is 2.25. The molecule has 1 aliphatic rings. The van der Waals surface area contributed by atoms with Gasteiger partial charge in [-0.2, -0.15) is 0 Å². The lowest BCUT2D eigenvalue weighted by molar-refractivity contribution is 0.0904. The lowest BCUT2D eigenvalue weighted by atomic mass is 9.92. The van der Waals surface area contributed by atoms with Crippen molar-refractivity contribution >= 4 is 5.91 Å². The molecule has 120 valence electrons. The Kier molecular flexibility index (Phi) is 3.78. The molecule has 3 aromatic heterocycles. The third kappa shape index (κ3) is 2.78. The Balaban J connectivity index is 1.60. The van der Waals surface area contributed by atoms with Crippen LogP contribution in [-0.2, 0) is 6.42 Å². The molecule has 0 saturated carbocycles. The molecule has 4 rings (SSSR count). The van der Waals surface area contributed by atoms with Gasteiger partial charge in [0.1, 0.15) is 0 Å². The summed E-state index contributed by atoms with van der Waals surface area (Å²) in [6.45, 7) is 0. The van der Waals surface area contributed by atoms with Gasteiger partial charge >= 0.3 is 0 Å². The van der Waals surface area contributed by atoms with Crippen LogP contribution in [-0.4, -0.2) is 20.9 Å². The van der Waals surface area contributed by atoms with E-state index in [0.29, 0.717) is 11.6 Å². The van der Waals surface area contributed by atoms with Gasteiger partial charge in [0, 0.05) is 35.4 Å². The van der Waals surface area contributed by atoms with Crippen molar-refractivity contribution in [3.05, 3.63) is 66.1 Å². The van der Waals surface area contributed by atoms with Crippen LogP contribution in [0, 0.1) is 0 Å². The van der Waals surface area contributed by atoms with Crippen LogP contribution in [0.5, 0.6) is 0 Å². The maximum absolute atomic E-state index is 12.2. The number of carbonyl (C=O) groups is 1. The van der Waals surface area contributed by atoms with Crippen LogP contribution in [0.2, 0.25) is 0 Å². The van der Waals surface area contributed by atoms with Crippen molar-refractivity contribution in [2.75, 3.05) is 0 Å². The fraction of sp³-hybridized carbons (Fsp3) is 0.222. The number of aryl methyl sites for hydroxylation is 1. The average molecular weight is 320 g/mol. The summed E-state index contributed by atoms with van der Waals surface area (Å²) in [5.74, 6) is 0.793. The van der Waals surface area contributed by atoms with E-state index in [1.165, 1.54) is 6.26 Å². The van der Waals surface area contributed by atoms with Crippen molar-refractivity contribution in [3.63, 3.8) is 0 Å². The minimum absolute atomic E-state index is 0.0853. The largest absolute Gasteiger partial charge is 0.459 e. The summed E-state index contributed by atoms with van der Waals surface area (Å²) in [6.07, 6.45) is 9.51. The van der Waals surface area contributed by atoms with Crippen LogP contribution >= 0.6 is 0 Å². The first-order valence-corrected chi connectivity index (χ1v) is 7.92. The van der Waals surface area contributed by atoms with Crippen LogP contribution in [0.1, 0.15) is 40.7 Å². The fourth-order valence-electron chi connectivity index (χ4n) is 2.97. The maximum atomic E-state index is 12.2. The standard InChI is InChI=1S/C18H16N4O2/c23-18(16-5-2-10-24-16)22-15-4-1-3-14-13(15)11-20-17(21-14)12-6-8-19-9-7-12/h2,5-11,15H,1,3-4H2,(H,22,23)/t15-/m0/s1. The van der Waals surface area contributed by atoms with Crippen LogP contribution in [0.3, 0.4) is 0 Å². The molecule has 0 fully saturated rings. The molecule has 6 heteroatoms. The second kappa shape index (κ2) is 6.23. The highest BCUT2D eigenvalue weighted by molar-refractivity contribution is 5.91. The lowest BCUT2D eigenvalue weighted by Gasteiger charge is -2.25. The van der Waals surface area contributed by atoms with Crippen molar-refractivity contribution in [3.8, 4) is 11.4 Å². The number of rotatable bonds is 3. The number of hydrogen-bond acceptors (Lipinski definition) is 5. The Morgan fingerprint density at radius 1 is 1.25 bits per heavy atom. The van der Waals surface area contributed by atoms with Gasteiger partial charge in [-0.1, -0.05) is 0 Å². The number of nitrogens with one attached hydrogen (secondary N) is 1. The van der Waals surface area contributed by atoms with Crippen LogP contribution in [0.4, 0.5) is 0 Å². The van der Waals surface area contributed by atoms with Gasteiger partial charge in [-0.25, -0.2) is 9.97 Å². The molecule has 1 atom stereocenters. The van der Waals surface area contributed by atoms with E-state index in [1.54, 1.807) is 24.5 Å². The van der Waals surface area contributed by atoms with Crippen LogP contribution < -0.4 is 5.32 Å². The molecule has 0 spiro atoms. The Hall–Kier alpha value is -3.02. The minimum atomic E-state index is -0.212. The van der Waals surface area contributed by atoms with Gasteiger partial charge in [-0.15, -0.1) is 0 Å². The van der Waals surface area contributed by atoms with E-state index in [4.69, 9.17) is 9.40 Å². The predicted molar refractivity (Wildman–Crippen MR) is 87.1 cm³/mol. The molecule has 0 unspecified atom stereocenters. The number of pyridine rings is 1. The maximum Gasteiger partial charge on any atom is 0.287 e. The molecular weight excluding hydrogens is 304 g/mol. The molecule has 0 aliphatic heterocycles. The molecule has 0 bridgehead atoms. The van der Waals surface area contributed by atoms with E-state index in [2.05, 4.69) is 15.3 Å². The number of furan rings is 1. The average Bonchev–Trinajstić information content (AvgIpc) is 3.17. The smallest absolute Gasteiger partial charge is 0.287 e. The normalized spacial score (nSPS) is 16.4. The topological polar surface area (TPSA) is 80.9 Å². The molecule has 0 radical (unpaired) electrons. The van der Waals surface area contributed by atoms with Gasteiger partial charge in [0.05, 0.1) is 12.3 Å². The van der Waals surface area contributed by atoms with Crippen molar-refractivity contribution < 1.29 is 9.21 Å². The van der Waals surface area contributed by atoms with Gasteiger partial charge < -0.3 is 9.73 Å². The van der Waals surface area contributed by atoms with Gasteiger partial charge in [0.25, 0.3) is 5.91 Å². The van der Waals surface area contributed by atoms with Crippen molar-refractivity contribution in [1.29, 1.82) is 0 Å². The summed E-state index contributed by atoms with van der Waals surface area (Å²) in [5, 5.41) is 3.01. The predicted octanol–water partition coefficient (Wildman–Crippen LogP) is 2.94. The molecule has 24 heavy (non-hydrogen) atoms. The monoisotopic (exact) mass is 320 g/mol. The van der Waals surface area contributed by atoms with Crippen molar-refractivity contribution in [2.45, 2.75) is 25.3 Å². The van der Waals surface area contributed by atoms with E-state index >= 15 is 0 Å². The molecule has 1 amide bonds. The van der Waals surface area contributed by atoms with E-state index in [9.17, 15) is 4.79 Å². The molecule has 0 saturated heterocycles. The van der Waals surface area contributed by atoms with Crippen molar-refractivity contribution in [1.82, 2.24) is 20.3 Å². The molecular formula is C18H16N4O2. The first kappa shape index (κ1) is 14.6. The summed E-state index contributed by atoms with van der Waals surface area (Å²) in [7, 11) is 0. The molecule has 6 nitrogen and oxygen atoms in total. The SMILES string of the molecule is O=C(N[C@H]1CCCc2nc(-c3ccncc3)ncc21)c1ccco1. The van der Waals surface area contributed by atoms with Crippen LogP contribution in [0.25, 0.3) is 11.4 Å². The Labute approximate surface area is 139 Å². The summed E-state index contributed by atoms with van der Waals surface area (Å²) in [5.41, 5.74) is 2.92. The van der Waals surface area contributed by atoms with Gasteiger partial charge in [0.2, 0.25) is 0 Å². The van der Waals surface area contributed by atoms with E-state index < -0.39 is 0 Å². The molecule has 3 heterocycles. The quantitative estimate of drug-likeness (QED) is 0.802. The van der Waals surface area contributed by atoms with Gasteiger partial charge in [0.15, 0.2) is 11.6 Å². The Morgan fingerprint density at radius 3 is 2.92 bits per heavy atom. The van der Waals surface area contributed by atoms with Gasteiger partial charge in [-0.05, 0) is 43.5 Å². The summed E-state index contributed by atoms with van der Waals surface area (Å²) >= 11 is 0. The Bertz CT molecular complexity index is 847. The third-order valence-electron chi connectivity index (χ3n) is 4.17. The fourth-order valence-corrected chi connectivity index (χ4v) is 2.97. The number of carbonyl (C=O) groups excluding carboxylic acids is 1. The lowest BCUT2D eigenvalue weighted by Crippen LogP contribution is -2.31. The summed E-state index contributed by atoms with van der Waals surface area (Å²) < 4.78 is 5.15. The third-order valence-corrected chi connectivity index (χ3v) is 4.17. The van der Waals surface area contributed by atoms with E-state index in [-0.39, 0.29) is 11.9 Å². The zero-order valence-electron chi connectivity index (χ0n) is 13.0. The van der Waals surface area contributed by atoms with Gasteiger partial charge in [-0.3, -0.25) is 9.78 Å². The number of fused-ring (bicyclic) bond motifs is 1. The molecule has 1 N–H and O–H groups in total. The minimum Gasteiger partial charge on any atom is -0.459 e. The Morgan fingerprint density at radius 2 is 2.12 bits per heavy atom. The number of hydrogen-bond donors (Lipinski definition) is 1. The van der Waals surface area contributed by atoms with Crippen LogP contribution in [0.15, 0.2) is 53.5 Å². The first-order chi connectivity index (χ1) is 11.8. The van der Waals surface area contributed by atoms with E-state index in [1.807, 2.05) is 18.3 Å². The summed E-state index contributed by atoms with van der Waals surface area (Å²) in [6, 6.07) is 7.05. The van der Waals surface area contributed by atoms with Crippen molar-refractivity contribution in [2.24, 2.45) is 0 Å². The second-order valence-electron chi connectivity index (χ2n) is 5.73. The highest BCUT2D eigenvalue weighted by Crippen LogP contribution is 2.29. The first-order valence-electron chi connectivity index (χ1n) is 7.92.